The molecule has 2 aliphatic rings. The van der Waals surface area contributed by atoms with Gasteiger partial charge < -0.3 is 4.90 Å². The number of rotatable bonds is 5. The van der Waals surface area contributed by atoms with Crippen molar-refractivity contribution >= 4 is 15.9 Å². The third-order valence-corrected chi connectivity index (χ3v) is 7.71. The number of amides is 1. The molecule has 0 aromatic heterocycles. The molecule has 3 rings (SSSR count). The molecule has 0 bridgehead atoms. The van der Waals surface area contributed by atoms with E-state index in [-0.39, 0.29) is 16.8 Å². The van der Waals surface area contributed by atoms with Crippen LogP contribution in [0.1, 0.15) is 39.5 Å². The minimum absolute atomic E-state index is 0.0900. The van der Waals surface area contributed by atoms with Crippen molar-refractivity contribution in [1.82, 2.24) is 14.5 Å². The Labute approximate surface area is 173 Å². The fraction of sp³-hybridized carbons (Fsp3) is 0.619. The smallest absolute Gasteiger partial charge is 0.243 e. The highest BCUT2D eigenvalue weighted by atomic mass is 32.2. The van der Waals surface area contributed by atoms with Crippen LogP contribution in [0.25, 0.3) is 0 Å². The van der Waals surface area contributed by atoms with Gasteiger partial charge in [0.05, 0.1) is 11.0 Å². The molecule has 1 saturated heterocycles. The number of sulfonamides is 1. The Kier molecular flexibility index (Phi) is 6.62. The van der Waals surface area contributed by atoms with Gasteiger partial charge in [-0.1, -0.05) is 18.2 Å². The van der Waals surface area contributed by atoms with Crippen molar-refractivity contribution in [3.63, 3.8) is 0 Å². The zero-order valence-electron chi connectivity index (χ0n) is 17.2. The first kappa shape index (κ1) is 21.8. The molecule has 1 heterocycles. The normalized spacial score (nSPS) is 26.3. The Hall–Kier alpha value is -1.95. The van der Waals surface area contributed by atoms with Crippen molar-refractivity contribution < 1.29 is 13.2 Å². The molecule has 2 fully saturated rings. The summed E-state index contributed by atoms with van der Waals surface area (Å²) in [5.74, 6) is -0.0900. The zero-order valence-corrected chi connectivity index (χ0v) is 18.0. The lowest BCUT2D eigenvalue weighted by atomic mass is 9.72. The van der Waals surface area contributed by atoms with Crippen LogP contribution in [0.15, 0.2) is 35.2 Å². The van der Waals surface area contributed by atoms with Crippen LogP contribution in [0.2, 0.25) is 0 Å². The summed E-state index contributed by atoms with van der Waals surface area (Å²) in [6.45, 7) is 7.22. The fourth-order valence-corrected chi connectivity index (χ4v) is 5.56. The van der Waals surface area contributed by atoms with Crippen molar-refractivity contribution in [2.24, 2.45) is 5.41 Å². The van der Waals surface area contributed by atoms with E-state index in [4.69, 9.17) is 0 Å². The van der Waals surface area contributed by atoms with Crippen LogP contribution in [-0.4, -0.2) is 62.4 Å². The van der Waals surface area contributed by atoms with Crippen LogP contribution < -0.4 is 4.72 Å². The molecule has 7 nitrogen and oxygen atoms in total. The molecule has 158 valence electrons. The Balaban J connectivity index is 1.60. The average Bonchev–Trinajstić information content (AvgIpc) is 2.74. The van der Waals surface area contributed by atoms with Gasteiger partial charge in [0.2, 0.25) is 15.9 Å². The maximum absolute atomic E-state index is 13.1. The predicted octanol–water partition coefficient (Wildman–Crippen LogP) is 1.97. The van der Waals surface area contributed by atoms with Gasteiger partial charge >= 0.3 is 0 Å². The highest BCUT2D eigenvalue weighted by Gasteiger charge is 2.45. The summed E-state index contributed by atoms with van der Waals surface area (Å²) in [6.07, 6.45) is 1.73. The van der Waals surface area contributed by atoms with Gasteiger partial charge in [0.25, 0.3) is 0 Å². The molecule has 29 heavy (non-hydrogen) atoms. The second kappa shape index (κ2) is 8.82. The number of carbonyl (C=O) groups is 1. The van der Waals surface area contributed by atoms with Gasteiger partial charge in [0, 0.05) is 38.3 Å². The number of piperazine rings is 1. The second-order valence-corrected chi connectivity index (χ2v) is 10.0. The summed E-state index contributed by atoms with van der Waals surface area (Å²) in [4.78, 5) is 17.5. The van der Waals surface area contributed by atoms with Gasteiger partial charge in [-0.15, -0.1) is 0 Å². The van der Waals surface area contributed by atoms with Crippen LogP contribution in [0.3, 0.4) is 0 Å². The van der Waals surface area contributed by atoms with E-state index in [2.05, 4.69) is 29.5 Å². The molecule has 1 saturated carbocycles. The van der Waals surface area contributed by atoms with Gasteiger partial charge in [0.1, 0.15) is 5.41 Å². The lowest BCUT2D eigenvalue weighted by molar-refractivity contribution is -0.142. The summed E-state index contributed by atoms with van der Waals surface area (Å²) >= 11 is 0. The van der Waals surface area contributed by atoms with Gasteiger partial charge in [-0.3, -0.25) is 9.69 Å². The molecule has 0 atom stereocenters. The van der Waals surface area contributed by atoms with Gasteiger partial charge in [-0.2, -0.15) is 5.26 Å². The second-order valence-electron chi connectivity index (χ2n) is 8.32. The van der Waals surface area contributed by atoms with E-state index in [1.54, 1.807) is 30.3 Å². The number of carbonyl (C=O) groups excluding carboxylic acids is 1. The Morgan fingerprint density at radius 1 is 1.14 bits per heavy atom. The van der Waals surface area contributed by atoms with E-state index in [0.717, 1.165) is 13.1 Å². The van der Waals surface area contributed by atoms with Crippen molar-refractivity contribution in [2.45, 2.75) is 56.5 Å². The molecule has 8 heteroatoms. The first-order chi connectivity index (χ1) is 13.8. The maximum Gasteiger partial charge on any atom is 0.243 e. The number of nitriles is 1. The Morgan fingerprint density at radius 2 is 1.72 bits per heavy atom. The highest BCUT2D eigenvalue weighted by Crippen LogP contribution is 2.38. The van der Waals surface area contributed by atoms with Crippen LogP contribution in [0.5, 0.6) is 0 Å². The minimum atomic E-state index is -3.59. The Bertz CT molecular complexity index is 848. The molecule has 1 aliphatic heterocycles. The molecule has 1 N–H and O–H groups in total. The van der Waals surface area contributed by atoms with Crippen LogP contribution in [0, 0.1) is 16.7 Å². The van der Waals surface area contributed by atoms with E-state index in [1.807, 2.05) is 4.90 Å². The van der Waals surface area contributed by atoms with E-state index < -0.39 is 15.4 Å². The van der Waals surface area contributed by atoms with Gasteiger partial charge in [-0.05, 0) is 51.7 Å². The highest BCUT2D eigenvalue weighted by molar-refractivity contribution is 7.89. The molecule has 0 spiro atoms. The maximum atomic E-state index is 13.1. The first-order valence-corrected chi connectivity index (χ1v) is 11.8. The molecule has 0 radical (unpaired) electrons. The first-order valence-electron chi connectivity index (χ1n) is 10.3. The van der Waals surface area contributed by atoms with Gasteiger partial charge in [0.15, 0.2) is 0 Å². The lowest BCUT2D eigenvalue weighted by Gasteiger charge is -2.42. The predicted molar refractivity (Wildman–Crippen MR) is 110 cm³/mol. The molecule has 1 aromatic carbocycles. The van der Waals surface area contributed by atoms with Crippen molar-refractivity contribution in [3.05, 3.63) is 30.3 Å². The van der Waals surface area contributed by atoms with Crippen LogP contribution >= 0.6 is 0 Å². The average molecular weight is 419 g/mol. The van der Waals surface area contributed by atoms with E-state index in [1.165, 1.54) is 0 Å². The minimum Gasteiger partial charge on any atom is -0.339 e. The third kappa shape index (κ3) is 4.80. The monoisotopic (exact) mass is 418 g/mol. The van der Waals surface area contributed by atoms with E-state index >= 15 is 0 Å². The molecule has 1 amide bonds. The number of nitrogens with zero attached hydrogens (tertiary/aromatic N) is 3. The van der Waals surface area contributed by atoms with Crippen molar-refractivity contribution in [2.75, 3.05) is 26.2 Å². The lowest BCUT2D eigenvalue weighted by Crippen LogP contribution is -2.55. The topological polar surface area (TPSA) is 93.5 Å². The molecule has 1 aliphatic carbocycles. The van der Waals surface area contributed by atoms with Crippen molar-refractivity contribution in [3.8, 4) is 6.07 Å². The summed E-state index contributed by atoms with van der Waals surface area (Å²) < 4.78 is 27.8. The van der Waals surface area contributed by atoms with Gasteiger partial charge in [-0.25, -0.2) is 13.1 Å². The summed E-state index contributed by atoms with van der Waals surface area (Å²) in [6, 6.07) is 10.7. The van der Waals surface area contributed by atoms with Crippen molar-refractivity contribution in [1.29, 1.82) is 5.26 Å². The zero-order chi connectivity index (χ0) is 21.1. The van der Waals surface area contributed by atoms with Crippen LogP contribution in [-0.2, 0) is 14.8 Å². The fourth-order valence-electron chi connectivity index (χ4n) is 4.23. The summed E-state index contributed by atoms with van der Waals surface area (Å²) in [7, 11) is -3.59. The molecular formula is C21H30N4O3S. The van der Waals surface area contributed by atoms with Crippen LogP contribution in [0.4, 0.5) is 0 Å². The molecule has 1 aromatic rings. The molecular weight excluding hydrogens is 388 g/mol. The van der Waals surface area contributed by atoms with E-state index in [0.29, 0.717) is 44.8 Å². The summed E-state index contributed by atoms with van der Waals surface area (Å²) in [5, 5.41) is 9.83. The number of hydrogen-bond donors (Lipinski definition) is 1. The molecule has 0 unspecified atom stereocenters. The Morgan fingerprint density at radius 3 is 2.24 bits per heavy atom. The number of nitrogens with one attached hydrogen (secondary N) is 1. The SMILES string of the molecule is CC(C)N1CCN(C(=O)C2(C#N)CCC(NS(=O)(=O)c3ccccc3)CC2)CC1. The number of benzene rings is 1. The number of hydrogen-bond acceptors (Lipinski definition) is 5. The summed E-state index contributed by atoms with van der Waals surface area (Å²) in [5.41, 5.74) is -1.03. The third-order valence-electron chi connectivity index (χ3n) is 6.17. The quantitative estimate of drug-likeness (QED) is 0.789. The van der Waals surface area contributed by atoms with E-state index in [9.17, 15) is 18.5 Å². The standard InChI is InChI=1S/C21H30N4O3S/c1-17(2)24-12-14-25(15-13-24)20(26)21(16-22)10-8-18(9-11-21)23-29(27,28)19-6-4-3-5-7-19/h3-7,17-18,23H,8-15H2,1-2H3. The largest absolute Gasteiger partial charge is 0.339 e.